The van der Waals surface area contributed by atoms with E-state index in [1.54, 1.807) is 6.07 Å². The molecule has 0 saturated carbocycles. The second-order valence-electron chi connectivity index (χ2n) is 5.16. The van der Waals surface area contributed by atoms with Crippen LogP contribution in [0.15, 0.2) is 51.3 Å². The zero-order chi connectivity index (χ0) is 16.4. The van der Waals surface area contributed by atoms with E-state index in [0.717, 1.165) is 10.0 Å². The Morgan fingerprint density at radius 1 is 1.35 bits per heavy atom. The van der Waals surface area contributed by atoms with Gasteiger partial charge in [-0.1, -0.05) is 28.1 Å². The molecule has 0 bridgehead atoms. The molecule has 1 unspecified atom stereocenters. The molecule has 1 atom stereocenters. The first-order valence-electron chi connectivity index (χ1n) is 7.02. The van der Waals surface area contributed by atoms with Crippen LogP contribution in [-0.2, 0) is 11.3 Å². The van der Waals surface area contributed by atoms with Crippen molar-refractivity contribution in [3.8, 4) is 0 Å². The molecular formula is C16H14BrN3O2S. The summed E-state index contributed by atoms with van der Waals surface area (Å²) < 4.78 is 2.32. The second kappa shape index (κ2) is 6.64. The van der Waals surface area contributed by atoms with Crippen molar-refractivity contribution in [2.45, 2.75) is 19.5 Å². The molecule has 0 fully saturated rings. The van der Waals surface area contributed by atoms with Crippen molar-refractivity contribution in [2.24, 2.45) is 0 Å². The van der Waals surface area contributed by atoms with Crippen molar-refractivity contribution in [1.29, 1.82) is 0 Å². The molecule has 118 valence electrons. The van der Waals surface area contributed by atoms with Gasteiger partial charge >= 0.3 is 0 Å². The van der Waals surface area contributed by atoms with E-state index in [4.69, 9.17) is 0 Å². The van der Waals surface area contributed by atoms with Crippen molar-refractivity contribution in [1.82, 2.24) is 14.9 Å². The predicted octanol–water partition coefficient (Wildman–Crippen LogP) is 3.10. The van der Waals surface area contributed by atoms with Gasteiger partial charge in [0.2, 0.25) is 5.91 Å². The van der Waals surface area contributed by atoms with Gasteiger partial charge < -0.3 is 5.32 Å². The van der Waals surface area contributed by atoms with Crippen LogP contribution in [-0.4, -0.2) is 15.5 Å². The molecule has 2 heterocycles. The topological polar surface area (TPSA) is 64.0 Å². The molecule has 7 heteroatoms. The Labute approximate surface area is 145 Å². The molecule has 0 saturated heterocycles. The summed E-state index contributed by atoms with van der Waals surface area (Å²) in [5, 5.41) is 5.26. The van der Waals surface area contributed by atoms with Gasteiger partial charge in [0, 0.05) is 4.47 Å². The van der Waals surface area contributed by atoms with Crippen molar-refractivity contribution in [3.05, 3.63) is 62.4 Å². The first-order chi connectivity index (χ1) is 11.0. The Bertz CT molecular complexity index is 902. The number of hydrogen-bond donors (Lipinski definition) is 1. The number of carbonyl (C=O) groups is 1. The number of hydrogen-bond acceptors (Lipinski definition) is 4. The Balaban J connectivity index is 1.72. The molecule has 3 aromatic rings. The van der Waals surface area contributed by atoms with Gasteiger partial charge in [-0.2, -0.15) is 0 Å². The number of carbonyl (C=O) groups excluding carboxylic acids is 1. The van der Waals surface area contributed by atoms with Crippen LogP contribution >= 0.6 is 27.3 Å². The molecule has 0 radical (unpaired) electrons. The molecule has 0 aliphatic carbocycles. The Hall–Kier alpha value is -1.99. The molecular weight excluding hydrogens is 378 g/mol. The largest absolute Gasteiger partial charge is 0.348 e. The fraction of sp³-hybridized carbons (Fsp3) is 0.188. The average molecular weight is 392 g/mol. The van der Waals surface area contributed by atoms with Gasteiger partial charge in [-0.15, -0.1) is 11.3 Å². The quantitative estimate of drug-likeness (QED) is 0.742. The average Bonchev–Trinajstić information content (AvgIpc) is 3.00. The third kappa shape index (κ3) is 3.51. The number of fused-ring (bicyclic) bond motifs is 1. The summed E-state index contributed by atoms with van der Waals surface area (Å²) in [7, 11) is 0. The lowest BCUT2D eigenvalue weighted by atomic mass is 10.1. The summed E-state index contributed by atoms with van der Waals surface area (Å²) in [6.07, 6.45) is 1.42. The third-order valence-electron chi connectivity index (χ3n) is 3.51. The zero-order valence-electron chi connectivity index (χ0n) is 12.3. The van der Waals surface area contributed by atoms with E-state index < -0.39 is 0 Å². The van der Waals surface area contributed by atoms with Gasteiger partial charge in [-0.3, -0.25) is 14.2 Å². The monoisotopic (exact) mass is 391 g/mol. The van der Waals surface area contributed by atoms with Crippen LogP contribution in [0.2, 0.25) is 0 Å². The molecule has 1 aromatic carbocycles. The number of rotatable bonds is 4. The maximum absolute atomic E-state index is 12.3. The predicted molar refractivity (Wildman–Crippen MR) is 94.6 cm³/mol. The molecule has 0 aliphatic heterocycles. The molecule has 2 aromatic heterocycles. The highest BCUT2D eigenvalue weighted by molar-refractivity contribution is 9.10. The molecule has 23 heavy (non-hydrogen) atoms. The summed E-state index contributed by atoms with van der Waals surface area (Å²) in [5.74, 6) is -0.223. The van der Waals surface area contributed by atoms with E-state index in [2.05, 4.69) is 26.2 Å². The van der Waals surface area contributed by atoms with Gasteiger partial charge in [0.05, 0.1) is 17.8 Å². The summed E-state index contributed by atoms with van der Waals surface area (Å²) in [4.78, 5) is 29.3. The van der Waals surface area contributed by atoms with E-state index >= 15 is 0 Å². The maximum atomic E-state index is 12.3. The number of nitrogens with zero attached hydrogens (tertiary/aromatic N) is 2. The normalized spacial score (nSPS) is 12.3. The number of thiophene rings is 1. The number of nitrogens with one attached hydrogen (secondary N) is 1. The first kappa shape index (κ1) is 15.9. The van der Waals surface area contributed by atoms with Crippen LogP contribution in [0.3, 0.4) is 0 Å². The van der Waals surface area contributed by atoms with Gasteiger partial charge in [0.15, 0.2) is 0 Å². The smallest absolute Gasteiger partial charge is 0.262 e. The number of halogens is 1. The summed E-state index contributed by atoms with van der Waals surface area (Å²) >= 11 is 4.79. The standard InChI is InChI=1S/C16H14BrN3O2S/c1-10(11-2-4-12(17)5-3-11)19-14(21)8-20-9-18-15-13(16(20)22)6-7-23-15/h2-7,9-10H,8H2,1H3,(H,19,21). The highest BCUT2D eigenvalue weighted by Gasteiger charge is 2.12. The van der Waals surface area contributed by atoms with E-state index in [-0.39, 0.29) is 24.1 Å². The SMILES string of the molecule is CC(NC(=O)Cn1cnc2sccc2c1=O)c1ccc(Br)cc1. The van der Waals surface area contributed by atoms with Gasteiger partial charge in [0.1, 0.15) is 11.4 Å². The van der Waals surface area contributed by atoms with Crippen molar-refractivity contribution in [3.63, 3.8) is 0 Å². The lowest BCUT2D eigenvalue weighted by Gasteiger charge is -2.15. The van der Waals surface area contributed by atoms with Crippen LogP contribution in [0, 0.1) is 0 Å². The minimum Gasteiger partial charge on any atom is -0.348 e. The number of aromatic nitrogens is 2. The highest BCUT2D eigenvalue weighted by atomic mass is 79.9. The van der Waals surface area contributed by atoms with Gasteiger partial charge in [-0.05, 0) is 36.1 Å². The summed E-state index contributed by atoms with van der Waals surface area (Å²) in [6, 6.07) is 9.34. The lowest BCUT2D eigenvalue weighted by Crippen LogP contribution is -2.33. The highest BCUT2D eigenvalue weighted by Crippen LogP contribution is 2.16. The van der Waals surface area contributed by atoms with E-state index in [1.807, 2.05) is 36.6 Å². The van der Waals surface area contributed by atoms with Crippen molar-refractivity contribution < 1.29 is 4.79 Å². The summed E-state index contributed by atoms with van der Waals surface area (Å²) in [5.41, 5.74) is 0.808. The minimum atomic E-state index is -0.223. The van der Waals surface area contributed by atoms with E-state index in [0.29, 0.717) is 10.2 Å². The van der Waals surface area contributed by atoms with Crippen LogP contribution in [0.25, 0.3) is 10.2 Å². The molecule has 3 rings (SSSR count). The molecule has 0 aliphatic rings. The Morgan fingerprint density at radius 2 is 2.09 bits per heavy atom. The third-order valence-corrected chi connectivity index (χ3v) is 4.86. The van der Waals surface area contributed by atoms with Crippen molar-refractivity contribution >= 4 is 43.4 Å². The van der Waals surface area contributed by atoms with Gasteiger partial charge in [-0.25, -0.2) is 4.98 Å². The van der Waals surface area contributed by atoms with Crippen LogP contribution in [0.4, 0.5) is 0 Å². The maximum Gasteiger partial charge on any atom is 0.262 e. The Kier molecular flexibility index (Phi) is 4.58. The second-order valence-corrected chi connectivity index (χ2v) is 6.97. The molecule has 1 N–H and O–H groups in total. The molecule has 1 amide bonds. The summed E-state index contributed by atoms with van der Waals surface area (Å²) in [6.45, 7) is 1.86. The molecule has 5 nitrogen and oxygen atoms in total. The van der Waals surface area contributed by atoms with Crippen LogP contribution in [0.1, 0.15) is 18.5 Å². The molecule has 0 spiro atoms. The van der Waals surface area contributed by atoms with E-state index in [9.17, 15) is 9.59 Å². The fourth-order valence-corrected chi connectivity index (χ4v) is 3.27. The number of amides is 1. The fourth-order valence-electron chi connectivity index (χ4n) is 2.28. The van der Waals surface area contributed by atoms with Crippen LogP contribution < -0.4 is 10.9 Å². The minimum absolute atomic E-state index is 0.0432. The van der Waals surface area contributed by atoms with Gasteiger partial charge in [0.25, 0.3) is 5.56 Å². The van der Waals surface area contributed by atoms with Crippen molar-refractivity contribution in [2.75, 3.05) is 0 Å². The number of benzene rings is 1. The Morgan fingerprint density at radius 3 is 2.83 bits per heavy atom. The zero-order valence-corrected chi connectivity index (χ0v) is 14.7. The van der Waals surface area contributed by atoms with Crippen LogP contribution in [0.5, 0.6) is 0 Å². The van der Waals surface area contributed by atoms with E-state index in [1.165, 1.54) is 22.2 Å². The first-order valence-corrected chi connectivity index (χ1v) is 8.69. The lowest BCUT2D eigenvalue weighted by molar-refractivity contribution is -0.122.